The van der Waals surface area contributed by atoms with Crippen LogP contribution in [0.25, 0.3) is 0 Å². The van der Waals surface area contributed by atoms with E-state index in [0.717, 1.165) is 19.4 Å². The lowest BCUT2D eigenvalue weighted by atomic mass is 10.4. The zero-order valence-corrected chi connectivity index (χ0v) is 11.1. The largest absolute Gasteiger partial charge is 0.377 e. The zero-order chi connectivity index (χ0) is 9.94. The van der Waals surface area contributed by atoms with Crippen LogP contribution in [0.4, 0.5) is 0 Å². The lowest BCUT2D eigenvalue weighted by molar-refractivity contribution is 0.146. The molecule has 13 heavy (non-hydrogen) atoms. The molecule has 0 spiro atoms. The van der Waals surface area contributed by atoms with Gasteiger partial charge in [-0.3, -0.25) is 0 Å². The van der Waals surface area contributed by atoms with Crippen molar-refractivity contribution in [2.45, 2.75) is 19.8 Å². The van der Waals surface area contributed by atoms with Crippen LogP contribution in [0.15, 0.2) is 0 Å². The monoisotopic (exact) mass is 319 g/mol. The maximum Gasteiger partial charge on any atom is 0.343 e. The first-order valence-electron chi connectivity index (χ1n) is 4.54. The molecule has 1 atom stereocenters. The van der Waals surface area contributed by atoms with Crippen LogP contribution in [0, 0.1) is 0 Å². The van der Waals surface area contributed by atoms with E-state index < -0.39 is 7.80 Å². The summed E-state index contributed by atoms with van der Waals surface area (Å²) in [5.74, 6) is 0. The molecule has 0 bridgehead atoms. The number of ether oxygens (including phenoxy) is 1. The van der Waals surface area contributed by atoms with Gasteiger partial charge in [0.05, 0.1) is 6.61 Å². The molecule has 1 unspecified atom stereocenters. The Hall–Kier alpha value is 0.750. The van der Waals surface area contributed by atoms with Crippen molar-refractivity contribution in [2.24, 2.45) is 0 Å². The standard InChI is InChI=1S/C8H17IO3P/c1-2-3-4-11-5-7-13(10)8-6-12-9/h2-8H2,1H3/q+1. The molecular formula is C8H17IO3P+. The van der Waals surface area contributed by atoms with E-state index in [1.54, 1.807) is 0 Å². The SMILES string of the molecule is CCCCOCC[P+](=O)CCOI. The number of unbranched alkanes of at least 4 members (excludes halogenated alkanes) is 1. The highest BCUT2D eigenvalue weighted by atomic mass is 127. The molecular weight excluding hydrogens is 302 g/mol. The molecule has 0 rings (SSSR count). The molecule has 0 aromatic heterocycles. The smallest absolute Gasteiger partial charge is 0.343 e. The van der Waals surface area contributed by atoms with Crippen LogP contribution in [-0.4, -0.2) is 32.1 Å². The highest BCUT2D eigenvalue weighted by molar-refractivity contribution is 14.1. The first-order valence-corrected chi connectivity index (χ1v) is 7.05. The molecule has 3 nitrogen and oxygen atoms in total. The lowest BCUT2D eigenvalue weighted by Crippen LogP contribution is -2.00. The van der Waals surface area contributed by atoms with Gasteiger partial charge in [0, 0.05) is 6.61 Å². The summed E-state index contributed by atoms with van der Waals surface area (Å²) in [6.45, 7) is 4.12. The summed E-state index contributed by atoms with van der Waals surface area (Å²) in [7, 11) is -1.11. The van der Waals surface area contributed by atoms with Crippen LogP contribution in [-0.2, 0) is 12.4 Å². The third-order valence-electron chi connectivity index (χ3n) is 1.55. The molecule has 0 radical (unpaired) electrons. The predicted molar refractivity (Wildman–Crippen MR) is 63.0 cm³/mol. The van der Waals surface area contributed by atoms with Gasteiger partial charge in [0.25, 0.3) is 0 Å². The highest BCUT2D eigenvalue weighted by Crippen LogP contribution is 2.19. The first-order chi connectivity index (χ1) is 6.31. The number of halogens is 1. The maximum absolute atomic E-state index is 11.2. The number of rotatable bonds is 9. The predicted octanol–water partition coefficient (Wildman–Crippen LogP) is 3.00. The second-order valence-corrected chi connectivity index (χ2v) is 5.19. The summed E-state index contributed by atoms with van der Waals surface area (Å²) >= 11 is 1.82. The van der Waals surface area contributed by atoms with Crippen LogP contribution in [0.3, 0.4) is 0 Å². The fraction of sp³-hybridized carbons (Fsp3) is 1.00. The van der Waals surface area contributed by atoms with Gasteiger partial charge in [-0.2, -0.15) is 0 Å². The summed E-state index contributed by atoms with van der Waals surface area (Å²) < 4.78 is 21.3. The van der Waals surface area contributed by atoms with E-state index in [4.69, 9.17) is 7.80 Å². The average molecular weight is 319 g/mol. The average Bonchev–Trinajstić information content (AvgIpc) is 2.14. The van der Waals surface area contributed by atoms with Gasteiger partial charge in [0.1, 0.15) is 29.6 Å². The molecule has 0 aliphatic rings. The van der Waals surface area contributed by atoms with Gasteiger partial charge < -0.3 is 7.80 Å². The van der Waals surface area contributed by atoms with Gasteiger partial charge in [-0.25, -0.2) is 0 Å². The van der Waals surface area contributed by atoms with Crippen molar-refractivity contribution in [2.75, 3.05) is 32.1 Å². The van der Waals surface area contributed by atoms with Crippen LogP contribution in [0.5, 0.6) is 0 Å². The Kier molecular flexibility index (Phi) is 11.5. The minimum Gasteiger partial charge on any atom is -0.377 e. The van der Waals surface area contributed by atoms with E-state index in [-0.39, 0.29) is 0 Å². The second kappa shape index (κ2) is 10.8. The van der Waals surface area contributed by atoms with E-state index in [1.807, 2.05) is 23.0 Å². The summed E-state index contributed by atoms with van der Waals surface area (Å²) in [5, 5.41) is 0. The van der Waals surface area contributed by atoms with Crippen LogP contribution in [0.2, 0.25) is 0 Å². The molecule has 0 saturated carbocycles. The van der Waals surface area contributed by atoms with E-state index in [1.165, 1.54) is 0 Å². The van der Waals surface area contributed by atoms with Crippen molar-refractivity contribution < 1.29 is 12.4 Å². The van der Waals surface area contributed by atoms with Gasteiger partial charge >= 0.3 is 7.80 Å². The molecule has 0 aliphatic carbocycles. The van der Waals surface area contributed by atoms with E-state index in [9.17, 15) is 4.57 Å². The van der Waals surface area contributed by atoms with E-state index in [0.29, 0.717) is 25.5 Å². The van der Waals surface area contributed by atoms with Gasteiger partial charge in [0.2, 0.25) is 0 Å². The molecule has 0 amide bonds. The Balaban J connectivity index is 3.08. The maximum atomic E-state index is 11.2. The van der Waals surface area contributed by atoms with Crippen molar-refractivity contribution >= 4 is 30.8 Å². The van der Waals surface area contributed by atoms with E-state index >= 15 is 0 Å². The molecule has 0 heterocycles. The van der Waals surface area contributed by atoms with E-state index in [2.05, 4.69) is 6.92 Å². The van der Waals surface area contributed by atoms with Crippen molar-refractivity contribution in [3.63, 3.8) is 0 Å². The van der Waals surface area contributed by atoms with Crippen molar-refractivity contribution in [3.05, 3.63) is 0 Å². The Bertz CT molecular complexity index is 133. The third-order valence-corrected chi connectivity index (χ3v) is 3.35. The fourth-order valence-corrected chi connectivity index (χ4v) is 2.18. The molecule has 0 aromatic carbocycles. The molecule has 78 valence electrons. The molecule has 5 heteroatoms. The van der Waals surface area contributed by atoms with Crippen molar-refractivity contribution in [1.82, 2.24) is 0 Å². The van der Waals surface area contributed by atoms with Crippen LogP contribution < -0.4 is 0 Å². The van der Waals surface area contributed by atoms with Gasteiger partial charge in [0.15, 0.2) is 12.3 Å². The second-order valence-electron chi connectivity index (χ2n) is 2.71. The minimum atomic E-state index is -1.11. The Morgan fingerprint density at radius 1 is 1.23 bits per heavy atom. The first kappa shape index (κ1) is 13.8. The number of hydrogen-bond acceptors (Lipinski definition) is 3. The minimum absolute atomic E-state index is 0.574. The quantitative estimate of drug-likeness (QED) is 0.372. The van der Waals surface area contributed by atoms with Gasteiger partial charge in [-0.15, -0.1) is 0 Å². The molecule has 0 aromatic rings. The molecule has 0 N–H and O–H groups in total. The summed E-state index contributed by atoms with van der Waals surface area (Å²) in [6, 6.07) is 0. The topological polar surface area (TPSA) is 35.5 Å². The van der Waals surface area contributed by atoms with Crippen LogP contribution in [0.1, 0.15) is 19.8 Å². The summed E-state index contributed by atoms with van der Waals surface area (Å²) in [5.41, 5.74) is 0. The highest BCUT2D eigenvalue weighted by Gasteiger charge is 2.13. The molecule has 0 saturated heterocycles. The zero-order valence-electron chi connectivity index (χ0n) is 8.00. The number of hydrogen-bond donors (Lipinski definition) is 0. The molecule has 0 aliphatic heterocycles. The third kappa shape index (κ3) is 10.7. The summed E-state index contributed by atoms with van der Waals surface area (Å²) in [4.78, 5) is 0. The van der Waals surface area contributed by atoms with Crippen molar-refractivity contribution in [1.29, 1.82) is 0 Å². The van der Waals surface area contributed by atoms with Crippen molar-refractivity contribution in [3.8, 4) is 0 Å². The fourth-order valence-electron chi connectivity index (χ4n) is 0.763. The normalized spacial score (nSPS) is 11.7. The summed E-state index contributed by atoms with van der Waals surface area (Å²) in [6.07, 6.45) is 3.55. The lowest BCUT2D eigenvalue weighted by Gasteiger charge is -1.97. The van der Waals surface area contributed by atoms with Crippen LogP contribution >= 0.6 is 30.8 Å². The van der Waals surface area contributed by atoms with Gasteiger partial charge in [-0.1, -0.05) is 17.9 Å². The van der Waals surface area contributed by atoms with Gasteiger partial charge in [-0.05, 0) is 6.42 Å². The Labute approximate surface area is 95.0 Å². The Morgan fingerprint density at radius 3 is 2.54 bits per heavy atom. The molecule has 0 fully saturated rings. The Morgan fingerprint density at radius 2 is 1.92 bits per heavy atom.